The Hall–Kier alpha value is -2.08. The van der Waals surface area contributed by atoms with Crippen molar-refractivity contribution in [1.29, 1.82) is 0 Å². The van der Waals surface area contributed by atoms with Crippen LogP contribution in [-0.4, -0.2) is 45.2 Å². The number of benzene rings is 1. The molecule has 0 aliphatic heterocycles. The Kier molecular flexibility index (Phi) is 4.67. The highest BCUT2D eigenvalue weighted by Gasteiger charge is 2.20. The lowest BCUT2D eigenvalue weighted by Gasteiger charge is -2.26. The van der Waals surface area contributed by atoms with E-state index in [1.807, 2.05) is 0 Å². The number of phenolic OH excluding ortho intramolecular Hbond substituents is 1. The van der Waals surface area contributed by atoms with E-state index in [-0.39, 0.29) is 24.9 Å². The number of hydrogen-bond acceptors (Lipinski definition) is 4. The molecule has 1 atom stereocenters. The standard InChI is InChI=1S/C12H15NO5/c1-8(9-2-4-10(14)5-3-9)13(6-11(15)16)7-12(17)18/h2-5,8,14H,6-7H2,1H3,(H,15,16)(H,17,18). The molecule has 1 rings (SSSR count). The molecule has 0 bridgehead atoms. The molecule has 0 fully saturated rings. The van der Waals surface area contributed by atoms with Crippen LogP contribution in [0.4, 0.5) is 0 Å². The van der Waals surface area contributed by atoms with Gasteiger partial charge in [-0.25, -0.2) is 0 Å². The van der Waals surface area contributed by atoms with Gasteiger partial charge in [0.25, 0.3) is 0 Å². The highest BCUT2D eigenvalue weighted by Crippen LogP contribution is 2.21. The monoisotopic (exact) mass is 253 g/mol. The van der Waals surface area contributed by atoms with Crippen LogP contribution >= 0.6 is 0 Å². The van der Waals surface area contributed by atoms with Crippen molar-refractivity contribution in [3.05, 3.63) is 29.8 Å². The van der Waals surface area contributed by atoms with Gasteiger partial charge < -0.3 is 15.3 Å². The number of hydrogen-bond donors (Lipinski definition) is 3. The summed E-state index contributed by atoms with van der Waals surface area (Å²) >= 11 is 0. The SMILES string of the molecule is CC(c1ccc(O)cc1)N(CC(=O)O)CC(=O)O. The second-order valence-electron chi connectivity index (χ2n) is 3.96. The molecule has 0 amide bonds. The first kappa shape index (κ1) is 14.0. The van der Waals surface area contributed by atoms with Crippen LogP contribution in [0.15, 0.2) is 24.3 Å². The van der Waals surface area contributed by atoms with Gasteiger partial charge in [-0.05, 0) is 24.6 Å². The number of rotatable bonds is 6. The van der Waals surface area contributed by atoms with Crippen molar-refractivity contribution < 1.29 is 24.9 Å². The first-order valence-electron chi connectivity index (χ1n) is 5.36. The quantitative estimate of drug-likeness (QED) is 0.697. The predicted molar refractivity (Wildman–Crippen MR) is 63.4 cm³/mol. The van der Waals surface area contributed by atoms with E-state index in [0.717, 1.165) is 5.56 Å². The predicted octanol–water partition coefficient (Wildman–Crippen LogP) is 0.924. The number of nitrogens with zero attached hydrogens (tertiary/aromatic N) is 1. The van der Waals surface area contributed by atoms with Gasteiger partial charge in [-0.2, -0.15) is 0 Å². The number of carboxylic acid groups (broad SMARTS) is 2. The van der Waals surface area contributed by atoms with Crippen molar-refractivity contribution >= 4 is 11.9 Å². The zero-order chi connectivity index (χ0) is 13.7. The second-order valence-corrected chi connectivity index (χ2v) is 3.96. The second kappa shape index (κ2) is 6.02. The van der Waals surface area contributed by atoms with E-state index in [9.17, 15) is 9.59 Å². The summed E-state index contributed by atoms with van der Waals surface area (Å²) in [5.41, 5.74) is 0.746. The minimum atomic E-state index is -1.08. The molecular weight excluding hydrogens is 238 g/mol. The lowest BCUT2D eigenvalue weighted by molar-refractivity contribution is -0.142. The molecule has 0 aliphatic rings. The topological polar surface area (TPSA) is 98.1 Å². The maximum atomic E-state index is 10.7. The normalized spacial score (nSPS) is 12.3. The van der Waals surface area contributed by atoms with Gasteiger partial charge in [0.2, 0.25) is 0 Å². The zero-order valence-electron chi connectivity index (χ0n) is 9.91. The van der Waals surface area contributed by atoms with E-state index in [1.54, 1.807) is 19.1 Å². The molecule has 0 saturated carbocycles. The van der Waals surface area contributed by atoms with Gasteiger partial charge in [0.1, 0.15) is 5.75 Å². The van der Waals surface area contributed by atoms with Crippen LogP contribution in [-0.2, 0) is 9.59 Å². The Balaban J connectivity index is 2.86. The molecule has 6 nitrogen and oxygen atoms in total. The van der Waals surface area contributed by atoms with Gasteiger partial charge in [-0.3, -0.25) is 14.5 Å². The first-order chi connectivity index (χ1) is 8.40. The van der Waals surface area contributed by atoms with E-state index in [1.165, 1.54) is 17.0 Å². The maximum absolute atomic E-state index is 10.7. The Morgan fingerprint density at radius 3 is 1.94 bits per heavy atom. The van der Waals surface area contributed by atoms with E-state index >= 15 is 0 Å². The summed E-state index contributed by atoms with van der Waals surface area (Å²) in [6, 6.07) is 5.86. The Morgan fingerprint density at radius 1 is 1.11 bits per heavy atom. The molecule has 1 unspecified atom stereocenters. The van der Waals surface area contributed by atoms with Gasteiger partial charge >= 0.3 is 11.9 Å². The van der Waals surface area contributed by atoms with Gasteiger partial charge in [-0.1, -0.05) is 12.1 Å². The number of aromatic hydroxyl groups is 1. The van der Waals surface area contributed by atoms with Gasteiger partial charge in [-0.15, -0.1) is 0 Å². The van der Waals surface area contributed by atoms with Gasteiger partial charge in [0.15, 0.2) is 0 Å². The first-order valence-corrected chi connectivity index (χ1v) is 5.36. The fourth-order valence-corrected chi connectivity index (χ4v) is 1.64. The molecule has 3 N–H and O–H groups in total. The Morgan fingerprint density at radius 2 is 1.56 bits per heavy atom. The summed E-state index contributed by atoms with van der Waals surface area (Å²) < 4.78 is 0. The van der Waals surface area contributed by atoms with Crippen LogP contribution in [0.3, 0.4) is 0 Å². The molecule has 1 aromatic rings. The molecule has 0 saturated heterocycles. The molecule has 18 heavy (non-hydrogen) atoms. The van der Waals surface area contributed by atoms with Crippen molar-refractivity contribution in [3.63, 3.8) is 0 Å². The fraction of sp³-hybridized carbons (Fsp3) is 0.333. The molecule has 0 radical (unpaired) electrons. The van der Waals surface area contributed by atoms with Gasteiger partial charge in [0.05, 0.1) is 13.1 Å². The molecule has 1 aromatic carbocycles. The average Bonchev–Trinajstić information content (AvgIpc) is 2.27. The van der Waals surface area contributed by atoms with E-state index in [0.29, 0.717) is 0 Å². The lowest BCUT2D eigenvalue weighted by Crippen LogP contribution is -2.36. The molecule has 0 aliphatic carbocycles. The number of aliphatic carboxylic acids is 2. The Bertz CT molecular complexity index is 413. The highest BCUT2D eigenvalue weighted by atomic mass is 16.4. The molecule has 0 spiro atoms. The average molecular weight is 253 g/mol. The van der Waals surface area contributed by atoms with Crippen molar-refractivity contribution in [2.24, 2.45) is 0 Å². The van der Waals surface area contributed by atoms with Crippen LogP contribution in [0, 0.1) is 0 Å². The number of phenols is 1. The van der Waals surface area contributed by atoms with Crippen molar-refractivity contribution in [2.45, 2.75) is 13.0 Å². The third-order valence-corrected chi connectivity index (χ3v) is 2.60. The number of carbonyl (C=O) groups is 2. The van der Waals surface area contributed by atoms with E-state index in [2.05, 4.69) is 0 Å². The van der Waals surface area contributed by atoms with E-state index < -0.39 is 11.9 Å². The summed E-state index contributed by atoms with van der Waals surface area (Å²) in [6.45, 7) is 1.01. The molecule has 0 heterocycles. The van der Waals surface area contributed by atoms with Crippen LogP contribution < -0.4 is 0 Å². The van der Waals surface area contributed by atoms with Crippen LogP contribution in [0.1, 0.15) is 18.5 Å². The minimum Gasteiger partial charge on any atom is -0.508 e. The molecule has 0 aromatic heterocycles. The molecule has 6 heteroatoms. The van der Waals surface area contributed by atoms with E-state index in [4.69, 9.17) is 15.3 Å². The Labute approximate surface area is 104 Å². The maximum Gasteiger partial charge on any atom is 0.317 e. The zero-order valence-corrected chi connectivity index (χ0v) is 9.91. The molecule has 98 valence electrons. The summed E-state index contributed by atoms with van der Waals surface area (Å²) in [6.07, 6.45) is 0. The van der Waals surface area contributed by atoms with Crippen LogP contribution in [0.5, 0.6) is 5.75 Å². The van der Waals surface area contributed by atoms with Crippen molar-refractivity contribution in [1.82, 2.24) is 4.90 Å². The van der Waals surface area contributed by atoms with Crippen molar-refractivity contribution in [3.8, 4) is 5.75 Å². The smallest absolute Gasteiger partial charge is 0.317 e. The summed E-state index contributed by atoms with van der Waals surface area (Å²) in [7, 11) is 0. The third kappa shape index (κ3) is 4.06. The fourth-order valence-electron chi connectivity index (χ4n) is 1.64. The molecular formula is C12H15NO5. The minimum absolute atomic E-state index is 0.106. The highest BCUT2D eigenvalue weighted by molar-refractivity contribution is 5.72. The summed E-state index contributed by atoms with van der Waals surface area (Å²) in [4.78, 5) is 22.7. The number of carboxylic acids is 2. The van der Waals surface area contributed by atoms with Crippen LogP contribution in [0.25, 0.3) is 0 Å². The van der Waals surface area contributed by atoms with Gasteiger partial charge in [0, 0.05) is 6.04 Å². The third-order valence-electron chi connectivity index (χ3n) is 2.60. The summed E-state index contributed by atoms with van der Waals surface area (Å²) in [5.74, 6) is -2.06. The van der Waals surface area contributed by atoms with Crippen LogP contribution in [0.2, 0.25) is 0 Å². The summed E-state index contributed by atoms with van der Waals surface area (Å²) in [5, 5.41) is 26.7. The largest absolute Gasteiger partial charge is 0.508 e. The van der Waals surface area contributed by atoms with Crippen molar-refractivity contribution in [2.75, 3.05) is 13.1 Å². The lowest BCUT2D eigenvalue weighted by atomic mass is 10.1.